The lowest BCUT2D eigenvalue weighted by Gasteiger charge is -2.22. The lowest BCUT2D eigenvalue weighted by molar-refractivity contribution is 0.0907. The average molecular weight is 254 g/mol. The Balaban J connectivity index is 2.33. The van der Waals surface area contributed by atoms with Crippen molar-refractivity contribution in [3.63, 3.8) is 0 Å². The van der Waals surface area contributed by atoms with Gasteiger partial charge >= 0.3 is 0 Å². The van der Waals surface area contributed by atoms with Crippen molar-refractivity contribution < 1.29 is 13.5 Å². The highest BCUT2D eigenvalue weighted by Crippen LogP contribution is 2.19. The van der Waals surface area contributed by atoms with Crippen LogP contribution in [0.15, 0.2) is 0 Å². The minimum atomic E-state index is -3.44. The second kappa shape index (κ2) is 5.01. The molecule has 0 bridgehead atoms. The van der Waals surface area contributed by atoms with Gasteiger partial charge in [0.25, 0.3) is 10.2 Å². The van der Waals surface area contributed by atoms with Gasteiger partial charge in [0.2, 0.25) is 0 Å². The average Bonchev–Trinajstić information content (AvgIpc) is 2.85. The fourth-order valence-corrected chi connectivity index (χ4v) is 3.06. The Bertz CT molecular complexity index is 299. The Morgan fingerprint density at radius 2 is 2.13 bits per heavy atom. The van der Waals surface area contributed by atoms with Crippen LogP contribution in [-0.2, 0) is 10.2 Å². The molecule has 0 aromatic heterocycles. The molecule has 0 amide bonds. The highest BCUT2D eigenvalue weighted by atomic mass is 32.2. The fourth-order valence-electron chi connectivity index (χ4n) is 1.07. The van der Waals surface area contributed by atoms with E-state index in [9.17, 15) is 13.5 Å². The molecule has 0 saturated heterocycles. The monoisotopic (exact) mass is 254 g/mol. The van der Waals surface area contributed by atoms with E-state index in [1.807, 2.05) is 6.26 Å². The Morgan fingerprint density at radius 3 is 2.60 bits per heavy atom. The van der Waals surface area contributed by atoms with Crippen LogP contribution in [0, 0.1) is 0 Å². The Morgan fingerprint density at radius 1 is 1.53 bits per heavy atom. The molecule has 1 atom stereocenters. The van der Waals surface area contributed by atoms with Crippen molar-refractivity contribution >= 4 is 22.0 Å². The Labute approximate surface area is 95.2 Å². The van der Waals surface area contributed by atoms with Crippen molar-refractivity contribution in [1.82, 2.24) is 9.44 Å². The summed E-state index contributed by atoms with van der Waals surface area (Å²) in [6, 6.07) is 0.0907. The third-order valence-electron chi connectivity index (χ3n) is 2.00. The molecule has 15 heavy (non-hydrogen) atoms. The molecule has 7 heteroatoms. The smallest absolute Gasteiger partial charge is 0.277 e. The first-order valence-corrected chi connectivity index (χ1v) is 7.70. The summed E-state index contributed by atoms with van der Waals surface area (Å²) in [6.07, 6.45) is 3.68. The third-order valence-corrected chi connectivity index (χ3v) is 4.08. The molecule has 90 valence electrons. The SMILES string of the molecule is CSCC(C)(O)CNS(=O)(=O)NC1CC1. The summed E-state index contributed by atoms with van der Waals surface area (Å²) >= 11 is 1.48. The quantitative estimate of drug-likeness (QED) is 0.582. The first-order chi connectivity index (χ1) is 6.85. The van der Waals surface area contributed by atoms with Crippen LogP contribution in [-0.4, -0.2) is 43.7 Å². The van der Waals surface area contributed by atoms with Crippen LogP contribution in [0.25, 0.3) is 0 Å². The van der Waals surface area contributed by atoms with E-state index >= 15 is 0 Å². The molecule has 1 aliphatic rings. The number of hydrogen-bond acceptors (Lipinski definition) is 4. The number of hydrogen-bond donors (Lipinski definition) is 3. The zero-order valence-electron chi connectivity index (χ0n) is 8.99. The highest BCUT2D eigenvalue weighted by Gasteiger charge is 2.28. The molecule has 3 N–H and O–H groups in total. The molecule has 0 radical (unpaired) electrons. The highest BCUT2D eigenvalue weighted by molar-refractivity contribution is 7.98. The molecule has 1 rings (SSSR count). The van der Waals surface area contributed by atoms with Crippen LogP contribution in [0.3, 0.4) is 0 Å². The van der Waals surface area contributed by atoms with E-state index in [1.54, 1.807) is 6.92 Å². The topological polar surface area (TPSA) is 78.4 Å². The molecular weight excluding hydrogens is 236 g/mol. The molecule has 0 aliphatic heterocycles. The fraction of sp³-hybridized carbons (Fsp3) is 1.00. The standard InChI is InChI=1S/C8H18N2O3S2/c1-8(11,6-14-2)5-9-15(12,13)10-7-3-4-7/h7,9-11H,3-6H2,1-2H3. The minimum Gasteiger partial charge on any atom is -0.388 e. The zero-order valence-corrected chi connectivity index (χ0v) is 10.6. The predicted octanol–water partition coefficient (Wildman–Crippen LogP) is -0.313. The van der Waals surface area contributed by atoms with E-state index in [0.717, 1.165) is 12.8 Å². The summed E-state index contributed by atoms with van der Waals surface area (Å²) in [5, 5.41) is 9.75. The Kier molecular flexibility index (Phi) is 4.42. The summed E-state index contributed by atoms with van der Waals surface area (Å²) in [6.45, 7) is 1.65. The van der Waals surface area contributed by atoms with Gasteiger partial charge in [-0.15, -0.1) is 0 Å². The maximum atomic E-state index is 11.4. The van der Waals surface area contributed by atoms with Crippen molar-refractivity contribution in [2.24, 2.45) is 0 Å². The second-order valence-corrected chi connectivity index (χ2v) is 6.54. The molecular formula is C8H18N2O3S2. The lowest BCUT2D eigenvalue weighted by Crippen LogP contribution is -2.46. The minimum absolute atomic E-state index is 0.0376. The van der Waals surface area contributed by atoms with Crippen molar-refractivity contribution in [3.8, 4) is 0 Å². The molecule has 1 unspecified atom stereocenters. The van der Waals surface area contributed by atoms with Crippen LogP contribution in [0.1, 0.15) is 19.8 Å². The molecule has 0 aromatic carbocycles. The van der Waals surface area contributed by atoms with E-state index in [-0.39, 0.29) is 12.6 Å². The summed E-state index contributed by atoms with van der Waals surface area (Å²) in [4.78, 5) is 0. The molecule has 1 fully saturated rings. The number of aliphatic hydroxyl groups is 1. The van der Waals surface area contributed by atoms with E-state index in [1.165, 1.54) is 11.8 Å². The molecule has 0 spiro atoms. The largest absolute Gasteiger partial charge is 0.388 e. The van der Waals surface area contributed by atoms with Crippen molar-refractivity contribution in [2.75, 3.05) is 18.6 Å². The van der Waals surface area contributed by atoms with Crippen molar-refractivity contribution in [3.05, 3.63) is 0 Å². The maximum Gasteiger partial charge on any atom is 0.277 e. The first kappa shape index (κ1) is 13.2. The van der Waals surface area contributed by atoms with Crippen molar-refractivity contribution in [2.45, 2.75) is 31.4 Å². The van der Waals surface area contributed by atoms with Gasteiger partial charge in [-0.2, -0.15) is 29.6 Å². The van der Waals surface area contributed by atoms with E-state index < -0.39 is 15.8 Å². The van der Waals surface area contributed by atoms with E-state index in [0.29, 0.717) is 5.75 Å². The van der Waals surface area contributed by atoms with Gasteiger partial charge in [0.15, 0.2) is 0 Å². The first-order valence-electron chi connectivity index (χ1n) is 4.83. The maximum absolute atomic E-state index is 11.4. The Hall–Kier alpha value is 0.180. The predicted molar refractivity (Wildman–Crippen MR) is 62.1 cm³/mol. The van der Waals surface area contributed by atoms with Gasteiger partial charge in [0.05, 0.1) is 5.60 Å². The van der Waals surface area contributed by atoms with Crippen molar-refractivity contribution in [1.29, 1.82) is 0 Å². The van der Waals surface area contributed by atoms with Gasteiger partial charge in [-0.3, -0.25) is 0 Å². The second-order valence-electron chi connectivity index (χ2n) is 4.15. The van der Waals surface area contributed by atoms with Crippen LogP contribution in [0.4, 0.5) is 0 Å². The molecule has 0 heterocycles. The van der Waals surface area contributed by atoms with Crippen LogP contribution in [0.2, 0.25) is 0 Å². The van der Waals surface area contributed by atoms with Gasteiger partial charge in [-0.1, -0.05) is 0 Å². The summed E-state index contributed by atoms with van der Waals surface area (Å²) in [5.74, 6) is 0.499. The molecule has 1 saturated carbocycles. The number of rotatable bonds is 7. The van der Waals surface area contributed by atoms with Crippen LogP contribution < -0.4 is 9.44 Å². The van der Waals surface area contributed by atoms with Crippen LogP contribution >= 0.6 is 11.8 Å². The normalized spacial score (nSPS) is 21.3. The third kappa shape index (κ3) is 5.72. The van der Waals surface area contributed by atoms with Gasteiger partial charge in [0, 0.05) is 18.3 Å². The zero-order chi connectivity index (χ0) is 11.5. The van der Waals surface area contributed by atoms with E-state index in [2.05, 4.69) is 9.44 Å². The molecule has 5 nitrogen and oxygen atoms in total. The van der Waals surface area contributed by atoms with E-state index in [4.69, 9.17) is 0 Å². The van der Waals surface area contributed by atoms with Gasteiger partial charge < -0.3 is 5.11 Å². The lowest BCUT2D eigenvalue weighted by atomic mass is 10.1. The summed E-state index contributed by atoms with van der Waals surface area (Å²) < 4.78 is 27.6. The molecule has 0 aromatic rings. The molecule has 1 aliphatic carbocycles. The summed E-state index contributed by atoms with van der Waals surface area (Å²) in [5.41, 5.74) is -1.00. The van der Waals surface area contributed by atoms with Gasteiger partial charge in [0.1, 0.15) is 0 Å². The van der Waals surface area contributed by atoms with Gasteiger partial charge in [-0.25, -0.2) is 0 Å². The number of nitrogens with one attached hydrogen (secondary N) is 2. The van der Waals surface area contributed by atoms with Crippen LogP contribution in [0.5, 0.6) is 0 Å². The van der Waals surface area contributed by atoms with Gasteiger partial charge in [-0.05, 0) is 26.0 Å². The summed E-state index contributed by atoms with van der Waals surface area (Å²) in [7, 11) is -3.44. The number of thioether (sulfide) groups is 1.